The fraction of sp³-hybridized carbons (Fsp3) is 0.118. The number of nitrogens with one attached hydrogen (secondary N) is 2. The van der Waals surface area contributed by atoms with Crippen LogP contribution in [0, 0.1) is 0 Å². The Bertz CT molecular complexity index is 860. The number of rotatable bonds is 4. The van der Waals surface area contributed by atoms with E-state index in [4.69, 9.17) is 17.3 Å². The summed E-state index contributed by atoms with van der Waals surface area (Å²) in [6.07, 6.45) is 0. The molecule has 27 heavy (non-hydrogen) atoms. The molecular weight excluding hydrogens is 385 g/mol. The van der Waals surface area contributed by atoms with E-state index in [1.807, 2.05) is 0 Å². The zero-order valence-electron chi connectivity index (χ0n) is 14.6. The molecule has 4 N–H and O–H groups in total. The third-order valence-electron chi connectivity index (χ3n) is 3.56. The molecule has 0 aliphatic carbocycles. The van der Waals surface area contributed by atoms with Crippen LogP contribution in [0.2, 0.25) is 5.02 Å². The topological polar surface area (TPSA) is 131 Å². The standard InChI is InChI=1S/C17H16ClN3O5.Na/c1-21(16(25)9-2-5-11(18)6-3-9)17(26)20-14(15(19)24)10-4-7-12(22)13(23)8-10;/h2-8,14H,1H3,(H5,19,20,22,23,24,26);/q;+1/p-1. The van der Waals surface area contributed by atoms with Crippen LogP contribution in [0.25, 0.3) is 5.73 Å². The zero-order valence-corrected chi connectivity index (χ0v) is 17.3. The average molecular weight is 400 g/mol. The largest absolute Gasteiger partial charge is 1.00 e. The Morgan fingerprint density at radius 1 is 1.07 bits per heavy atom. The van der Waals surface area contributed by atoms with Crippen LogP contribution in [-0.4, -0.2) is 40.0 Å². The maximum absolute atomic E-state index is 12.3. The summed E-state index contributed by atoms with van der Waals surface area (Å²) in [6, 6.07) is 6.99. The number of phenolic OH excluding ortho intramolecular Hbond substituents is 2. The molecular formula is C17H15ClN3NaO5. The minimum absolute atomic E-state index is 0. The Balaban J connectivity index is 0.00000364. The van der Waals surface area contributed by atoms with Crippen molar-refractivity contribution in [1.29, 1.82) is 0 Å². The molecule has 0 bridgehead atoms. The number of carbonyl (C=O) groups is 3. The Kier molecular flexibility index (Phi) is 8.11. The van der Waals surface area contributed by atoms with E-state index in [-0.39, 0.29) is 40.7 Å². The van der Waals surface area contributed by atoms with E-state index in [1.165, 1.54) is 37.4 Å². The molecule has 0 fully saturated rings. The molecule has 0 aliphatic rings. The maximum Gasteiger partial charge on any atom is 1.00 e. The van der Waals surface area contributed by atoms with Gasteiger partial charge in [-0.05, 0) is 42.0 Å². The predicted molar refractivity (Wildman–Crippen MR) is 93.9 cm³/mol. The third-order valence-corrected chi connectivity index (χ3v) is 3.82. The minimum Gasteiger partial charge on any atom is -0.666 e. The number of hydrogen-bond donors (Lipinski definition) is 3. The first-order valence-corrected chi connectivity index (χ1v) is 7.70. The quantitative estimate of drug-likeness (QED) is 0.486. The second-order valence-corrected chi connectivity index (χ2v) is 5.80. The van der Waals surface area contributed by atoms with Crippen LogP contribution in [0.1, 0.15) is 22.0 Å². The van der Waals surface area contributed by atoms with E-state index in [9.17, 15) is 24.6 Å². The molecule has 0 saturated heterocycles. The number of amides is 4. The second kappa shape index (κ2) is 9.61. The summed E-state index contributed by atoms with van der Waals surface area (Å²) in [5.74, 6) is -2.71. The molecule has 2 rings (SSSR count). The summed E-state index contributed by atoms with van der Waals surface area (Å²) in [6.45, 7) is 0. The molecule has 0 spiro atoms. The van der Waals surface area contributed by atoms with Crippen LogP contribution < -0.4 is 34.9 Å². The molecule has 2 aromatic rings. The molecule has 0 heterocycles. The number of urea groups is 1. The zero-order chi connectivity index (χ0) is 19.4. The van der Waals surface area contributed by atoms with Crippen molar-refractivity contribution in [2.45, 2.75) is 6.04 Å². The van der Waals surface area contributed by atoms with Gasteiger partial charge in [0.2, 0.25) is 0 Å². The van der Waals surface area contributed by atoms with Crippen molar-refractivity contribution < 1.29 is 54.2 Å². The molecule has 4 amide bonds. The minimum atomic E-state index is -1.42. The molecule has 1 unspecified atom stereocenters. The van der Waals surface area contributed by atoms with Gasteiger partial charge in [-0.25, -0.2) is 4.79 Å². The van der Waals surface area contributed by atoms with E-state index in [0.29, 0.717) is 5.02 Å². The van der Waals surface area contributed by atoms with Crippen molar-refractivity contribution in [3.8, 4) is 11.5 Å². The van der Waals surface area contributed by atoms with E-state index in [2.05, 4.69) is 5.32 Å². The van der Waals surface area contributed by atoms with E-state index < -0.39 is 35.4 Å². The van der Waals surface area contributed by atoms with Gasteiger partial charge < -0.3 is 26.1 Å². The number of nitrogens with zero attached hydrogens (tertiary/aromatic N) is 1. The fourth-order valence-corrected chi connectivity index (χ4v) is 2.24. The first kappa shape index (κ1) is 22.8. The second-order valence-electron chi connectivity index (χ2n) is 5.37. The Morgan fingerprint density at radius 2 is 1.67 bits per heavy atom. The molecule has 0 radical (unpaired) electrons. The number of hydrogen-bond acceptors (Lipinski definition) is 5. The summed E-state index contributed by atoms with van der Waals surface area (Å²) in [5, 5.41) is 21.5. The third kappa shape index (κ3) is 5.61. The van der Waals surface area contributed by atoms with Gasteiger partial charge in [0.15, 0.2) is 11.5 Å². The van der Waals surface area contributed by atoms with Crippen molar-refractivity contribution in [2.75, 3.05) is 7.05 Å². The van der Waals surface area contributed by atoms with Crippen molar-refractivity contribution in [3.05, 3.63) is 64.3 Å². The SMILES string of the molecule is CN(C(=O)NC(C([NH-])=O)c1ccc(O)c(O)c1)C(=O)c1ccc(Cl)cc1.[Na+]. The normalized spacial score (nSPS) is 11.0. The summed E-state index contributed by atoms with van der Waals surface area (Å²) < 4.78 is 0. The molecule has 2 aromatic carbocycles. The van der Waals surface area contributed by atoms with Crippen molar-refractivity contribution in [1.82, 2.24) is 10.2 Å². The number of phenols is 2. The summed E-state index contributed by atoms with van der Waals surface area (Å²) >= 11 is 5.75. The Labute approximate surface area is 182 Å². The van der Waals surface area contributed by atoms with E-state index in [0.717, 1.165) is 17.0 Å². The number of benzene rings is 2. The Hall–Kier alpha value is -2.26. The first-order chi connectivity index (χ1) is 12.2. The smallest absolute Gasteiger partial charge is 0.666 e. The number of halogens is 1. The number of carbonyl (C=O) groups excluding carboxylic acids is 3. The van der Waals surface area contributed by atoms with Gasteiger partial charge in [0.25, 0.3) is 5.91 Å². The number of imide groups is 1. The van der Waals surface area contributed by atoms with E-state index in [1.54, 1.807) is 0 Å². The summed E-state index contributed by atoms with van der Waals surface area (Å²) in [4.78, 5) is 36.9. The van der Waals surface area contributed by atoms with Gasteiger partial charge in [0.1, 0.15) is 0 Å². The van der Waals surface area contributed by atoms with Crippen molar-refractivity contribution in [3.63, 3.8) is 0 Å². The molecule has 136 valence electrons. The maximum atomic E-state index is 12.3. The van der Waals surface area contributed by atoms with Gasteiger partial charge in [0, 0.05) is 17.6 Å². The van der Waals surface area contributed by atoms with Crippen LogP contribution >= 0.6 is 11.6 Å². The van der Waals surface area contributed by atoms with Crippen LogP contribution in [0.5, 0.6) is 11.5 Å². The van der Waals surface area contributed by atoms with E-state index >= 15 is 0 Å². The van der Waals surface area contributed by atoms with Gasteiger partial charge in [0.05, 0.1) is 11.9 Å². The van der Waals surface area contributed by atoms with Crippen LogP contribution in [0.3, 0.4) is 0 Å². The Morgan fingerprint density at radius 3 is 2.19 bits per heavy atom. The molecule has 0 aromatic heterocycles. The summed E-state index contributed by atoms with van der Waals surface area (Å²) in [5.41, 5.74) is 7.61. The van der Waals surface area contributed by atoms with Crippen molar-refractivity contribution in [2.24, 2.45) is 0 Å². The van der Waals surface area contributed by atoms with Crippen LogP contribution in [0.4, 0.5) is 4.79 Å². The van der Waals surface area contributed by atoms with Crippen molar-refractivity contribution >= 4 is 29.4 Å². The molecule has 0 aliphatic heterocycles. The first-order valence-electron chi connectivity index (χ1n) is 7.32. The van der Waals surface area contributed by atoms with Crippen LogP contribution in [0.15, 0.2) is 42.5 Å². The number of aromatic hydroxyl groups is 2. The van der Waals surface area contributed by atoms with Gasteiger partial charge in [-0.2, -0.15) is 0 Å². The molecule has 0 saturated carbocycles. The fourth-order valence-electron chi connectivity index (χ4n) is 2.12. The summed E-state index contributed by atoms with van der Waals surface area (Å²) in [7, 11) is 1.21. The predicted octanol–water partition coefficient (Wildman–Crippen LogP) is -0.143. The van der Waals surface area contributed by atoms with Gasteiger partial charge in [-0.3, -0.25) is 9.69 Å². The van der Waals surface area contributed by atoms with Gasteiger partial charge >= 0.3 is 35.6 Å². The van der Waals surface area contributed by atoms with Gasteiger partial charge in [-0.1, -0.05) is 17.7 Å². The monoisotopic (exact) mass is 399 g/mol. The van der Waals surface area contributed by atoms with Crippen LogP contribution in [-0.2, 0) is 4.79 Å². The molecule has 1 atom stereocenters. The molecule has 10 heteroatoms. The molecule has 8 nitrogen and oxygen atoms in total. The van der Waals surface area contributed by atoms with Gasteiger partial charge in [-0.15, -0.1) is 0 Å². The average Bonchev–Trinajstić information content (AvgIpc) is 2.61.